The van der Waals surface area contributed by atoms with Gasteiger partial charge in [0.25, 0.3) is 0 Å². The van der Waals surface area contributed by atoms with Gasteiger partial charge in [-0.1, -0.05) is 30.3 Å². The number of alkyl halides is 4. The van der Waals surface area contributed by atoms with E-state index in [0.29, 0.717) is 49.2 Å². The van der Waals surface area contributed by atoms with Crippen LogP contribution in [0.25, 0.3) is 0 Å². The number of aliphatic hydroxyl groups is 3. The molecule has 65 heavy (non-hydrogen) atoms. The number of thiophene rings is 5. The number of carbonyl (C=O) groups excluding carboxylic acids is 4. The fraction of sp³-hybridized carbons (Fsp3) is 0.432. The van der Waals surface area contributed by atoms with E-state index in [1.54, 1.807) is 34.0 Å². The van der Waals surface area contributed by atoms with Gasteiger partial charge in [0.1, 0.15) is 6.10 Å². The van der Waals surface area contributed by atoms with E-state index in [0.717, 1.165) is 37.4 Å². The minimum absolute atomic E-state index is 0.112. The van der Waals surface area contributed by atoms with Crippen LogP contribution in [0.3, 0.4) is 0 Å². The van der Waals surface area contributed by atoms with Crippen LogP contribution in [0.4, 0.5) is 0 Å². The molecule has 1 aliphatic rings. The maximum Gasteiger partial charge on any atom is 0.314 e. The molecular weight excluding hydrogens is 1020 g/mol. The fourth-order valence-corrected chi connectivity index (χ4v) is 9.20. The molecule has 0 amide bonds. The highest BCUT2D eigenvalue weighted by molar-refractivity contribution is 7.12. The van der Waals surface area contributed by atoms with Gasteiger partial charge in [0.15, 0.2) is 5.78 Å². The predicted octanol–water partition coefficient (Wildman–Crippen LogP) is 11.4. The molecule has 6 rings (SSSR count). The monoisotopic (exact) mass is 1070 g/mol. The van der Waals surface area contributed by atoms with E-state index >= 15 is 0 Å². The molecule has 0 bridgehead atoms. The second kappa shape index (κ2) is 38.2. The zero-order valence-corrected chi connectivity index (χ0v) is 42.7. The number of ether oxygens (including phenoxy) is 2. The minimum atomic E-state index is -1.01. The van der Waals surface area contributed by atoms with Gasteiger partial charge in [-0.25, -0.2) is 0 Å². The lowest BCUT2D eigenvalue weighted by atomic mass is 10.2. The van der Waals surface area contributed by atoms with Gasteiger partial charge < -0.3 is 35.2 Å². The van der Waals surface area contributed by atoms with Crippen molar-refractivity contribution in [1.29, 1.82) is 0 Å². The zero-order chi connectivity index (χ0) is 48.2. The van der Waals surface area contributed by atoms with Gasteiger partial charge in [-0.15, -0.1) is 103 Å². The number of nitrogens with one attached hydrogen (secondary N) is 1. The number of hydrogen-bond donors (Lipinski definition) is 5. The lowest BCUT2D eigenvalue weighted by Crippen LogP contribution is -2.12. The van der Waals surface area contributed by atoms with Gasteiger partial charge in [0.05, 0.1) is 48.9 Å². The molecule has 0 spiro atoms. The van der Waals surface area contributed by atoms with Crippen molar-refractivity contribution in [3.05, 3.63) is 112 Å². The average Bonchev–Trinajstić information content (AvgIpc) is 4.15. The number of Topliss-reactive ketones (excluding diaryl/α,β-unsaturated/α-hetero) is 1. The van der Waals surface area contributed by atoms with Gasteiger partial charge in [0, 0.05) is 55.9 Å². The van der Waals surface area contributed by atoms with E-state index in [2.05, 4.69) is 10.1 Å². The van der Waals surface area contributed by atoms with Gasteiger partial charge in [-0.2, -0.15) is 0 Å². The molecule has 0 radical (unpaired) electrons. The molecule has 12 nitrogen and oxygen atoms in total. The van der Waals surface area contributed by atoms with Gasteiger partial charge in [-0.05, 0) is 90.1 Å². The maximum atomic E-state index is 11.4. The van der Waals surface area contributed by atoms with Crippen molar-refractivity contribution in [2.45, 2.75) is 82.2 Å². The Bertz CT molecular complexity index is 1880. The van der Waals surface area contributed by atoms with Crippen LogP contribution in [-0.4, -0.2) is 87.2 Å². The van der Waals surface area contributed by atoms with Crippen LogP contribution in [0.2, 0.25) is 0 Å². The van der Waals surface area contributed by atoms with Crippen molar-refractivity contribution in [3.63, 3.8) is 0 Å². The van der Waals surface area contributed by atoms with Crippen LogP contribution in [0, 0.1) is 0 Å². The van der Waals surface area contributed by atoms with E-state index in [4.69, 9.17) is 56.2 Å². The van der Waals surface area contributed by atoms with Crippen LogP contribution in [0.1, 0.15) is 111 Å². The lowest BCUT2D eigenvalue weighted by molar-refractivity contribution is -0.152. The van der Waals surface area contributed by atoms with Crippen LogP contribution < -0.4 is 5.32 Å². The number of esters is 3. The van der Waals surface area contributed by atoms with Crippen molar-refractivity contribution >= 4 is 133 Å². The third-order valence-corrected chi connectivity index (χ3v) is 13.6. The first-order valence-corrected chi connectivity index (χ1v) is 26.6. The third-order valence-electron chi connectivity index (χ3n) is 7.97. The van der Waals surface area contributed by atoms with Gasteiger partial charge in [0.2, 0.25) is 0 Å². The summed E-state index contributed by atoms with van der Waals surface area (Å²) in [6.45, 7) is 0.860. The largest absolute Gasteiger partial charge is 0.481 e. The molecule has 5 aromatic rings. The third kappa shape index (κ3) is 28.9. The van der Waals surface area contributed by atoms with Crippen molar-refractivity contribution < 1.29 is 53.9 Å². The summed E-state index contributed by atoms with van der Waals surface area (Å²) in [4.78, 5) is 57.6. The highest BCUT2D eigenvalue weighted by atomic mass is 35.5. The number of rotatable bonds is 20. The van der Waals surface area contributed by atoms with E-state index < -0.39 is 23.9 Å². The summed E-state index contributed by atoms with van der Waals surface area (Å²) < 4.78 is 9.29. The van der Waals surface area contributed by atoms with E-state index in [1.165, 1.54) is 22.7 Å². The molecule has 1 saturated heterocycles. The Morgan fingerprint density at radius 1 is 0.615 bits per heavy atom. The molecular formula is C44H55Cl4NO11S5. The van der Waals surface area contributed by atoms with Crippen molar-refractivity contribution in [2.24, 2.45) is 0 Å². The van der Waals surface area contributed by atoms with Gasteiger partial charge >= 0.3 is 23.9 Å². The van der Waals surface area contributed by atoms with Crippen LogP contribution in [0.15, 0.2) is 87.6 Å². The van der Waals surface area contributed by atoms with Crippen molar-refractivity contribution in [1.82, 2.24) is 5.32 Å². The molecule has 360 valence electrons. The molecule has 5 aromatic heterocycles. The smallest absolute Gasteiger partial charge is 0.314 e. The number of carbonyl (C=O) groups is 5. The Morgan fingerprint density at radius 3 is 1.38 bits per heavy atom. The predicted molar refractivity (Wildman–Crippen MR) is 267 cm³/mol. The molecule has 5 N–H and O–H groups in total. The first-order valence-electron chi connectivity index (χ1n) is 20.1. The Balaban J connectivity index is 0.000000398. The molecule has 21 heteroatoms. The fourth-order valence-electron chi connectivity index (χ4n) is 4.70. The number of aliphatic carboxylic acids is 1. The second-order valence-corrected chi connectivity index (χ2v) is 19.4. The molecule has 1 fully saturated rings. The molecule has 1 aliphatic heterocycles. The number of ketones is 1. The highest BCUT2D eigenvalue weighted by Crippen LogP contribution is 2.27. The van der Waals surface area contributed by atoms with Crippen LogP contribution in [-0.2, 0) is 28.7 Å². The second-order valence-electron chi connectivity index (χ2n) is 13.0. The minimum Gasteiger partial charge on any atom is -0.481 e. The van der Waals surface area contributed by atoms with E-state index in [9.17, 15) is 39.3 Å². The number of carboxylic acids is 1. The Kier molecular flexibility index (Phi) is 35.5. The number of aliphatic hydroxyl groups excluding tert-OH is 3. The average molecular weight is 1080 g/mol. The summed E-state index contributed by atoms with van der Waals surface area (Å²) in [6, 6.07) is 19.0. The first kappa shape index (κ1) is 60.3. The SMILES string of the molecule is CNCC[C@H](O)c1cccs1.O=C(CCCl)c1cccs1.O=C(O)CCC(=O)O[C@H](CCCl)c1cccs1.O=C1CCC(=O)O1.OC(CCCl)c1cccs1.O[C@@H](CCCl)c1cccs1. The Hall–Kier alpha value is -2.75. The summed E-state index contributed by atoms with van der Waals surface area (Å²) in [7, 11) is 1.89. The molecule has 0 aromatic carbocycles. The molecule has 4 atom stereocenters. The molecule has 0 aliphatic carbocycles. The number of halogens is 4. The number of hydrogen-bond acceptors (Lipinski definition) is 16. The highest BCUT2D eigenvalue weighted by Gasteiger charge is 2.19. The molecule has 0 saturated carbocycles. The van der Waals surface area contributed by atoms with E-state index in [-0.39, 0.29) is 55.9 Å². The Labute approximate surface area is 420 Å². The zero-order valence-electron chi connectivity index (χ0n) is 35.6. The van der Waals surface area contributed by atoms with Crippen molar-refractivity contribution in [2.75, 3.05) is 37.1 Å². The number of carboxylic acid groups (broad SMARTS) is 1. The van der Waals surface area contributed by atoms with Crippen LogP contribution in [0.5, 0.6) is 0 Å². The van der Waals surface area contributed by atoms with E-state index in [1.807, 2.05) is 94.6 Å². The summed E-state index contributed by atoms with van der Waals surface area (Å²) in [5.41, 5.74) is 0. The maximum absolute atomic E-state index is 11.4. The van der Waals surface area contributed by atoms with Crippen molar-refractivity contribution in [3.8, 4) is 0 Å². The van der Waals surface area contributed by atoms with Gasteiger partial charge in [-0.3, -0.25) is 24.0 Å². The molecule has 1 unspecified atom stereocenters. The topological polar surface area (TPSA) is 197 Å². The normalized spacial score (nSPS) is 13.2. The Morgan fingerprint density at radius 2 is 1.05 bits per heavy atom. The summed E-state index contributed by atoms with van der Waals surface area (Å²) >= 11 is 29.6. The standard InChI is InChI=1S/C11H13ClO4S.C8H13NOS.2C7H9ClOS.C7H7ClOS.C4H4O3/c12-6-5-8(9-2-1-7-17-9)16-11(15)4-3-10(13)14;1-9-5-4-7(10)8-3-2-6-11-8;3*8-4-3-6(9)7-2-1-5-10-7;5-3-1-2-4(6)7-3/h1-2,7-8H,3-6H2,(H,13,14);2-3,6-7,9-10H,4-5H2,1H3;2*1-2,5-6,9H,3-4H2;1-2,5H,3-4H2;1-2H2/t8-;7-;6-;;;/m100.../s1. The number of cyclic esters (lactones) is 2. The first-order chi connectivity index (χ1) is 31.3. The molecule has 6 heterocycles. The van der Waals surface area contributed by atoms with Crippen LogP contribution >= 0.6 is 103 Å². The summed E-state index contributed by atoms with van der Waals surface area (Å²) in [6.07, 6.45) is 1.87. The summed E-state index contributed by atoms with van der Waals surface area (Å²) in [5, 5.41) is 49.3. The lowest BCUT2D eigenvalue weighted by Gasteiger charge is -2.15. The summed E-state index contributed by atoms with van der Waals surface area (Å²) in [5.74, 6) is -0.341. The quantitative estimate of drug-likeness (QED) is 0.0214.